The summed E-state index contributed by atoms with van der Waals surface area (Å²) in [6, 6.07) is 0. The van der Waals surface area contributed by atoms with Crippen LogP contribution in [0, 0.1) is 6.42 Å². The predicted molar refractivity (Wildman–Crippen MR) is 35.8 cm³/mol. The van der Waals surface area contributed by atoms with Crippen molar-refractivity contribution in [2.45, 2.75) is 30.2 Å². The molecular weight excluding hydrogens is 184 g/mol. The molecule has 3 rings (SSSR count). The molecule has 0 aliphatic carbocycles. The highest BCUT2D eigenvalue weighted by Gasteiger charge is 2.45. The molecule has 0 N–H and O–H groups in total. The lowest BCUT2D eigenvalue weighted by atomic mass is 10.2. The van der Waals surface area contributed by atoms with Gasteiger partial charge in [0.05, 0.1) is 0 Å². The molecule has 3 fully saturated rings. The van der Waals surface area contributed by atoms with Crippen LogP contribution in [0.3, 0.4) is 0 Å². The molecule has 9 heavy (non-hydrogen) atoms. The molecule has 3 heterocycles. The fourth-order valence-corrected chi connectivity index (χ4v) is 1.79. The van der Waals surface area contributed by atoms with Gasteiger partial charge in [-0.3, -0.25) is 0 Å². The Morgan fingerprint density at radius 1 is 1.56 bits per heavy atom. The van der Waals surface area contributed by atoms with Gasteiger partial charge in [0, 0.05) is 6.42 Å². The summed E-state index contributed by atoms with van der Waals surface area (Å²) in [5.74, 6) is 0. The SMILES string of the molecule is BrC12C[CH]CCC(O1)O2. The predicted octanol–water partition coefficient (Wildman–Crippen LogP) is 1.80. The van der Waals surface area contributed by atoms with Gasteiger partial charge in [-0.1, -0.05) is 0 Å². The lowest BCUT2D eigenvalue weighted by Gasteiger charge is -2.41. The highest BCUT2D eigenvalue weighted by atomic mass is 79.9. The third-order valence-corrected chi connectivity index (χ3v) is 2.31. The van der Waals surface area contributed by atoms with E-state index in [0.29, 0.717) is 0 Å². The van der Waals surface area contributed by atoms with Crippen molar-refractivity contribution in [3.05, 3.63) is 6.42 Å². The minimum atomic E-state index is -0.436. The van der Waals surface area contributed by atoms with Gasteiger partial charge >= 0.3 is 0 Å². The fraction of sp³-hybridized carbons (Fsp3) is 0.833. The molecule has 0 aromatic heterocycles. The summed E-state index contributed by atoms with van der Waals surface area (Å²) < 4.78 is 10.3. The summed E-state index contributed by atoms with van der Waals surface area (Å²) in [6.07, 6.45) is 5.24. The number of halogens is 1. The van der Waals surface area contributed by atoms with Gasteiger partial charge < -0.3 is 9.47 Å². The van der Waals surface area contributed by atoms with Crippen LogP contribution >= 0.6 is 15.9 Å². The summed E-state index contributed by atoms with van der Waals surface area (Å²) in [5, 5.41) is 0. The average molecular weight is 192 g/mol. The van der Waals surface area contributed by atoms with Crippen LogP contribution < -0.4 is 0 Å². The van der Waals surface area contributed by atoms with Gasteiger partial charge in [0.15, 0.2) is 6.29 Å². The standard InChI is InChI=1S/C6H8BrO2/c7-6-4-2-1-3-5(8-6)9-6/h2,5H,1,3-4H2. The zero-order valence-electron chi connectivity index (χ0n) is 4.97. The molecule has 0 amide bonds. The van der Waals surface area contributed by atoms with Gasteiger partial charge in [-0.25, -0.2) is 0 Å². The minimum Gasteiger partial charge on any atom is -0.311 e. The van der Waals surface area contributed by atoms with E-state index in [4.69, 9.17) is 9.47 Å². The van der Waals surface area contributed by atoms with Crippen LogP contribution in [-0.4, -0.2) is 11.0 Å². The maximum atomic E-state index is 5.35. The lowest BCUT2D eigenvalue weighted by molar-refractivity contribution is -0.396. The molecule has 0 aromatic carbocycles. The van der Waals surface area contributed by atoms with Crippen molar-refractivity contribution >= 4 is 15.9 Å². The molecule has 51 valence electrons. The topological polar surface area (TPSA) is 18.5 Å². The molecular formula is C6H8BrO2. The highest BCUT2D eigenvalue weighted by Crippen LogP contribution is 2.43. The van der Waals surface area contributed by atoms with E-state index in [2.05, 4.69) is 22.4 Å². The Kier molecular flexibility index (Phi) is 1.32. The van der Waals surface area contributed by atoms with E-state index in [-0.39, 0.29) is 6.29 Å². The van der Waals surface area contributed by atoms with Crippen LogP contribution in [0.2, 0.25) is 0 Å². The third-order valence-electron chi connectivity index (χ3n) is 1.61. The van der Waals surface area contributed by atoms with Crippen LogP contribution in [0.5, 0.6) is 0 Å². The van der Waals surface area contributed by atoms with E-state index in [0.717, 1.165) is 19.3 Å². The van der Waals surface area contributed by atoms with Crippen LogP contribution in [0.4, 0.5) is 0 Å². The second kappa shape index (κ2) is 1.94. The van der Waals surface area contributed by atoms with Gasteiger partial charge in [0.1, 0.15) is 0 Å². The van der Waals surface area contributed by atoms with Crippen molar-refractivity contribution < 1.29 is 9.47 Å². The molecule has 3 aliphatic rings. The molecule has 0 saturated carbocycles. The summed E-state index contributed by atoms with van der Waals surface area (Å²) in [5.41, 5.74) is 0. The zero-order valence-corrected chi connectivity index (χ0v) is 6.56. The first-order valence-electron chi connectivity index (χ1n) is 3.15. The van der Waals surface area contributed by atoms with E-state index >= 15 is 0 Å². The van der Waals surface area contributed by atoms with E-state index in [1.54, 1.807) is 0 Å². The minimum absolute atomic E-state index is 0.0584. The molecule has 1 radical (unpaired) electrons. The average Bonchev–Trinajstić information content (AvgIpc) is 1.95. The smallest absolute Gasteiger partial charge is 0.231 e. The first-order valence-corrected chi connectivity index (χ1v) is 3.94. The Morgan fingerprint density at radius 2 is 2.33 bits per heavy atom. The molecule has 0 unspecified atom stereocenters. The van der Waals surface area contributed by atoms with Crippen molar-refractivity contribution in [1.29, 1.82) is 0 Å². The Bertz CT molecular complexity index is 115. The molecule has 3 saturated heterocycles. The van der Waals surface area contributed by atoms with E-state index in [1.807, 2.05) is 0 Å². The summed E-state index contributed by atoms with van der Waals surface area (Å²) in [6.45, 7) is 0. The lowest BCUT2D eigenvalue weighted by Crippen LogP contribution is -2.47. The first-order chi connectivity index (χ1) is 4.29. The van der Waals surface area contributed by atoms with Crippen molar-refractivity contribution in [3.63, 3.8) is 0 Å². The highest BCUT2D eigenvalue weighted by molar-refractivity contribution is 9.10. The molecule has 2 nitrogen and oxygen atoms in total. The van der Waals surface area contributed by atoms with Gasteiger partial charge in [-0.15, -0.1) is 0 Å². The van der Waals surface area contributed by atoms with Gasteiger partial charge in [-0.2, -0.15) is 0 Å². The maximum absolute atomic E-state index is 5.35. The zero-order chi connectivity index (χ0) is 6.32. The summed E-state index contributed by atoms with van der Waals surface area (Å²) >= 11 is 3.33. The molecule has 0 atom stereocenters. The van der Waals surface area contributed by atoms with Gasteiger partial charge in [-0.05, 0) is 35.2 Å². The Hall–Kier alpha value is 0.400. The van der Waals surface area contributed by atoms with Crippen LogP contribution in [0.15, 0.2) is 0 Å². The molecule has 2 bridgehead atoms. The maximum Gasteiger partial charge on any atom is 0.231 e. The third kappa shape index (κ3) is 1.02. The van der Waals surface area contributed by atoms with E-state index in [1.165, 1.54) is 0 Å². The summed E-state index contributed by atoms with van der Waals surface area (Å²) in [4.78, 5) is 0. The van der Waals surface area contributed by atoms with E-state index in [9.17, 15) is 0 Å². The second-order valence-electron chi connectivity index (χ2n) is 2.40. The van der Waals surface area contributed by atoms with Crippen molar-refractivity contribution in [2.24, 2.45) is 0 Å². The van der Waals surface area contributed by atoms with Crippen LogP contribution in [-0.2, 0) is 9.47 Å². The number of rotatable bonds is 0. The fourth-order valence-electron chi connectivity index (χ4n) is 1.14. The first kappa shape index (κ1) is 6.13. The Morgan fingerprint density at radius 3 is 3.11 bits per heavy atom. The van der Waals surface area contributed by atoms with Crippen LogP contribution in [0.25, 0.3) is 0 Å². The van der Waals surface area contributed by atoms with Crippen molar-refractivity contribution in [2.75, 3.05) is 0 Å². The molecule has 3 aliphatic heterocycles. The van der Waals surface area contributed by atoms with E-state index < -0.39 is 4.70 Å². The molecule has 3 heteroatoms. The van der Waals surface area contributed by atoms with Gasteiger partial charge in [0.25, 0.3) is 0 Å². The van der Waals surface area contributed by atoms with Crippen molar-refractivity contribution in [1.82, 2.24) is 0 Å². The van der Waals surface area contributed by atoms with Crippen molar-refractivity contribution in [3.8, 4) is 0 Å². The monoisotopic (exact) mass is 191 g/mol. The largest absolute Gasteiger partial charge is 0.311 e. The molecule has 0 aromatic rings. The molecule has 0 spiro atoms. The second-order valence-corrected chi connectivity index (χ2v) is 3.60. The normalized spacial score (nSPS) is 49.7. The summed E-state index contributed by atoms with van der Waals surface area (Å²) in [7, 11) is 0. The number of alkyl halides is 1. The quantitative estimate of drug-likeness (QED) is 0.544. The van der Waals surface area contributed by atoms with Crippen LogP contribution in [0.1, 0.15) is 19.3 Å². The van der Waals surface area contributed by atoms with Gasteiger partial charge in [0.2, 0.25) is 4.70 Å². The Balaban J connectivity index is 2.03. The number of ether oxygens (including phenoxy) is 2. The number of hydrogen-bond donors (Lipinski definition) is 0. The Labute approximate surface area is 62.6 Å². The number of hydrogen-bond acceptors (Lipinski definition) is 2. The number of fused-ring (bicyclic) bond motifs is 3.